The van der Waals surface area contributed by atoms with E-state index in [0.717, 1.165) is 0 Å². The van der Waals surface area contributed by atoms with Gasteiger partial charge in [0.1, 0.15) is 6.07 Å². The zero-order valence-electron chi connectivity index (χ0n) is 12.5. The zero-order chi connectivity index (χ0) is 19.5. The van der Waals surface area contributed by atoms with Gasteiger partial charge in [-0.1, -0.05) is 23.2 Å². The molecular formula is C15H7Cl2F3N4O2. The van der Waals surface area contributed by atoms with Crippen molar-refractivity contribution in [3.8, 4) is 6.07 Å². The molecule has 2 rings (SSSR count). The molecule has 0 aromatic heterocycles. The van der Waals surface area contributed by atoms with E-state index in [-0.39, 0.29) is 32.7 Å². The number of halogens is 5. The van der Waals surface area contributed by atoms with Gasteiger partial charge in [-0.25, -0.2) is 0 Å². The molecule has 0 saturated carbocycles. The van der Waals surface area contributed by atoms with E-state index < -0.39 is 16.7 Å². The standard InChI is InChI=1S/C15H7Cl2F3N4O2/c16-11-5-9(15(18,19)20)6-12(17)14(11)23-22-13(7-21)8-1-3-10(4-2-8)24(25)26/h1-6,23H/b22-13+. The molecule has 11 heteroatoms. The Morgan fingerprint density at radius 3 is 2.15 bits per heavy atom. The Hall–Kier alpha value is -2.83. The maximum Gasteiger partial charge on any atom is 0.416 e. The van der Waals surface area contributed by atoms with Gasteiger partial charge in [-0.3, -0.25) is 15.5 Å². The highest BCUT2D eigenvalue weighted by atomic mass is 35.5. The third kappa shape index (κ3) is 4.41. The first kappa shape index (κ1) is 19.5. The number of non-ortho nitro benzene ring substituents is 1. The molecule has 2 aromatic carbocycles. The second-order valence-electron chi connectivity index (χ2n) is 4.80. The van der Waals surface area contributed by atoms with Crippen LogP contribution < -0.4 is 5.43 Å². The predicted molar refractivity (Wildman–Crippen MR) is 90.3 cm³/mol. The van der Waals surface area contributed by atoms with Gasteiger partial charge >= 0.3 is 6.18 Å². The molecule has 0 radical (unpaired) electrons. The van der Waals surface area contributed by atoms with E-state index in [1.807, 2.05) is 0 Å². The van der Waals surface area contributed by atoms with E-state index >= 15 is 0 Å². The van der Waals surface area contributed by atoms with Gasteiger partial charge < -0.3 is 0 Å². The summed E-state index contributed by atoms with van der Waals surface area (Å²) in [5.41, 5.74) is 1.11. The van der Waals surface area contributed by atoms with Gasteiger partial charge in [-0.05, 0) is 24.3 Å². The minimum Gasteiger partial charge on any atom is -0.274 e. The van der Waals surface area contributed by atoms with Crippen molar-refractivity contribution in [1.82, 2.24) is 0 Å². The topological polar surface area (TPSA) is 91.3 Å². The van der Waals surface area contributed by atoms with Gasteiger partial charge in [0.25, 0.3) is 5.69 Å². The van der Waals surface area contributed by atoms with Crippen molar-refractivity contribution < 1.29 is 18.1 Å². The number of hydrogen-bond acceptors (Lipinski definition) is 5. The summed E-state index contributed by atoms with van der Waals surface area (Å²) >= 11 is 11.6. The quantitative estimate of drug-likeness (QED) is 0.428. The van der Waals surface area contributed by atoms with Gasteiger partial charge in [0.2, 0.25) is 0 Å². The van der Waals surface area contributed by atoms with Crippen LogP contribution in [0.15, 0.2) is 41.5 Å². The van der Waals surface area contributed by atoms with Crippen LogP contribution in [0.1, 0.15) is 11.1 Å². The minimum atomic E-state index is -4.62. The fourth-order valence-electron chi connectivity index (χ4n) is 1.85. The number of nitro benzene ring substituents is 1. The number of anilines is 1. The van der Waals surface area contributed by atoms with Gasteiger partial charge in [-0.2, -0.15) is 23.5 Å². The lowest BCUT2D eigenvalue weighted by Gasteiger charge is -2.12. The van der Waals surface area contributed by atoms with Gasteiger partial charge in [-0.15, -0.1) is 0 Å². The molecule has 0 fully saturated rings. The number of hydrogen-bond donors (Lipinski definition) is 1. The Balaban J connectivity index is 2.32. The summed E-state index contributed by atoms with van der Waals surface area (Å²) in [5.74, 6) is 0. The Kier molecular flexibility index (Phi) is 5.69. The summed E-state index contributed by atoms with van der Waals surface area (Å²) in [7, 11) is 0. The van der Waals surface area contributed by atoms with E-state index in [1.54, 1.807) is 6.07 Å². The summed E-state index contributed by atoms with van der Waals surface area (Å²) in [6, 6.07) is 8.07. The fraction of sp³-hybridized carbons (Fsp3) is 0.0667. The minimum absolute atomic E-state index is 0.115. The van der Waals surface area contributed by atoms with Crippen LogP contribution in [-0.4, -0.2) is 10.6 Å². The molecule has 1 N–H and O–H groups in total. The largest absolute Gasteiger partial charge is 0.416 e. The molecule has 0 atom stereocenters. The van der Waals surface area contributed by atoms with E-state index in [0.29, 0.717) is 12.1 Å². The smallest absolute Gasteiger partial charge is 0.274 e. The number of hydrazone groups is 1. The Labute approximate surface area is 154 Å². The lowest BCUT2D eigenvalue weighted by Crippen LogP contribution is -2.06. The number of nitro groups is 1. The van der Waals surface area contributed by atoms with Crippen LogP contribution in [0, 0.1) is 21.4 Å². The molecule has 0 amide bonds. The van der Waals surface area contributed by atoms with Crippen molar-refractivity contribution in [2.75, 3.05) is 5.43 Å². The molecule has 6 nitrogen and oxygen atoms in total. The van der Waals surface area contributed by atoms with E-state index in [9.17, 15) is 23.3 Å². The molecule has 0 bridgehead atoms. The summed E-state index contributed by atoms with van der Waals surface area (Å²) in [4.78, 5) is 10.0. The van der Waals surface area contributed by atoms with Crippen LogP contribution in [0.3, 0.4) is 0 Å². The first-order valence-corrected chi connectivity index (χ1v) is 7.44. The zero-order valence-corrected chi connectivity index (χ0v) is 14.0. The molecule has 2 aromatic rings. The fourth-order valence-corrected chi connectivity index (χ4v) is 2.42. The first-order valence-electron chi connectivity index (χ1n) is 6.68. The highest BCUT2D eigenvalue weighted by Gasteiger charge is 2.32. The van der Waals surface area contributed by atoms with Crippen molar-refractivity contribution >= 4 is 40.3 Å². The van der Waals surface area contributed by atoms with E-state index in [1.165, 1.54) is 24.3 Å². The van der Waals surface area contributed by atoms with Crippen molar-refractivity contribution in [3.63, 3.8) is 0 Å². The molecule has 134 valence electrons. The lowest BCUT2D eigenvalue weighted by atomic mass is 10.1. The SMILES string of the molecule is N#C/C(=N\Nc1c(Cl)cc(C(F)(F)F)cc1Cl)c1ccc([N+](=O)[O-])cc1. The maximum atomic E-state index is 12.7. The van der Waals surface area contributed by atoms with Crippen LogP contribution in [0.5, 0.6) is 0 Å². The van der Waals surface area contributed by atoms with Gasteiger partial charge in [0.15, 0.2) is 5.71 Å². The number of nitrogens with one attached hydrogen (secondary N) is 1. The summed E-state index contributed by atoms with van der Waals surface area (Å²) in [6.45, 7) is 0. The number of benzene rings is 2. The molecular weight excluding hydrogens is 396 g/mol. The average Bonchev–Trinajstić information content (AvgIpc) is 2.56. The summed E-state index contributed by atoms with van der Waals surface area (Å²) in [6.07, 6.45) is -4.62. The number of rotatable bonds is 4. The summed E-state index contributed by atoms with van der Waals surface area (Å²) < 4.78 is 38.1. The van der Waals surface area contributed by atoms with Crippen LogP contribution in [0.25, 0.3) is 0 Å². The molecule has 0 spiro atoms. The van der Waals surface area contributed by atoms with Crippen LogP contribution >= 0.6 is 23.2 Å². The van der Waals surface area contributed by atoms with Crippen LogP contribution in [0.4, 0.5) is 24.5 Å². The van der Waals surface area contributed by atoms with Crippen molar-refractivity contribution in [1.29, 1.82) is 5.26 Å². The molecule has 0 aliphatic heterocycles. The summed E-state index contributed by atoms with van der Waals surface area (Å²) in [5, 5.41) is 22.9. The average molecular weight is 403 g/mol. The van der Waals surface area contributed by atoms with Crippen molar-refractivity contribution in [2.45, 2.75) is 6.18 Å². The molecule has 0 aliphatic carbocycles. The highest BCUT2D eigenvalue weighted by molar-refractivity contribution is 6.39. The van der Waals surface area contributed by atoms with Crippen LogP contribution in [-0.2, 0) is 6.18 Å². The second kappa shape index (κ2) is 7.59. The number of alkyl halides is 3. The maximum absolute atomic E-state index is 12.7. The highest BCUT2D eigenvalue weighted by Crippen LogP contribution is 2.38. The van der Waals surface area contributed by atoms with Crippen LogP contribution in [0.2, 0.25) is 10.0 Å². The van der Waals surface area contributed by atoms with Crippen molar-refractivity contribution in [2.24, 2.45) is 5.10 Å². The molecule has 26 heavy (non-hydrogen) atoms. The number of nitriles is 1. The molecule has 0 unspecified atom stereocenters. The number of nitrogens with zero attached hydrogens (tertiary/aromatic N) is 3. The van der Waals surface area contributed by atoms with E-state index in [2.05, 4.69) is 10.5 Å². The third-order valence-electron chi connectivity index (χ3n) is 3.11. The predicted octanol–water partition coefficient (Wildman–Crippen LogP) is 5.26. The third-order valence-corrected chi connectivity index (χ3v) is 3.70. The Morgan fingerprint density at radius 1 is 1.19 bits per heavy atom. The van der Waals surface area contributed by atoms with Crippen molar-refractivity contribution in [3.05, 3.63) is 67.7 Å². The monoisotopic (exact) mass is 402 g/mol. The Bertz CT molecular complexity index is 899. The second-order valence-corrected chi connectivity index (χ2v) is 5.62. The normalized spacial score (nSPS) is 11.8. The Morgan fingerprint density at radius 2 is 1.73 bits per heavy atom. The van der Waals surface area contributed by atoms with E-state index in [4.69, 9.17) is 28.5 Å². The molecule has 0 saturated heterocycles. The van der Waals surface area contributed by atoms with Gasteiger partial charge in [0.05, 0.1) is 26.2 Å². The molecule has 0 aliphatic rings. The molecule has 0 heterocycles. The lowest BCUT2D eigenvalue weighted by molar-refractivity contribution is -0.384. The first-order chi connectivity index (χ1) is 12.1. The van der Waals surface area contributed by atoms with Gasteiger partial charge in [0, 0.05) is 17.7 Å².